The van der Waals surface area contributed by atoms with Crippen molar-refractivity contribution in [3.8, 4) is 0 Å². The smallest absolute Gasteiger partial charge is 0.331 e. The summed E-state index contributed by atoms with van der Waals surface area (Å²) >= 11 is 6.08. The number of ether oxygens (including phenoxy) is 1. The lowest BCUT2D eigenvalue weighted by atomic mass is 9.78. The molecule has 0 amide bonds. The second-order valence-electron chi connectivity index (χ2n) is 4.82. The van der Waals surface area contributed by atoms with Crippen LogP contribution in [0.15, 0.2) is 36.9 Å². The third kappa shape index (κ3) is 2.07. The molecule has 0 saturated carbocycles. The van der Waals surface area contributed by atoms with Crippen LogP contribution in [0.5, 0.6) is 0 Å². The van der Waals surface area contributed by atoms with Gasteiger partial charge in [-0.25, -0.2) is 4.79 Å². The van der Waals surface area contributed by atoms with E-state index in [4.69, 9.17) is 16.3 Å². The summed E-state index contributed by atoms with van der Waals surface area (Å²) in [6.45, 7) is 4.69. The maximum absolute atomic E-state index is 12.5. The minimum absolute atomic E-state index is 0.0171. The minimum Gasteiger partial charge on any atom is -0.467 e. The summed E-state index contributed by atoms with van der Waals surface area (Å²) in [6.07, 6.45) is 2.71. The Morgan fingerprint density at radius 1 is 1.63 bits per heavy atom. The topological polar surface area (TPSA) is 29.5 Å². The van der Waals surface area contributed by atoms with E-state index in [0.717, 1.165) is 18.5 Å². The van der Waals surface area contributed by atoms with Gasteiger partial charge in [0.2, 0.25) is 0 Å². The summed E-state index contributed by atoms with van der Waals surface area (Å²) in [7, 11) is 3.35. The number of rotatable bonds is 3. The quantitative estimate of drug-likeness (QED) is 0.629. The maximum Gasteiger partial charge on any atom is 0.331 e. The fourth-order valence-corrected chi connectivity index (χ4v) is 3.22. The van der Waals surface area contributed by atoms with Gasteiger partial charge in [0.15, 0.2) is 5.54 Å². The van der Waals surface area contributed by atoms with Crippen LogP contribution in [0.25, 0.3) is 0 Å². The number of carbonyl (C=O) groups excluding carboxylic acids is 1. The van der Waals surface area contributed by atoms with Gasteiger partial charge in [-0.15, -0.1) is 6.58 Å². The Morgan fingerprint density at radius 2 is 2.37 bits per heavy atom. The first-order valence-electron chi connectivity index (χ1n) is 6.25. The van der Waals surface area contributed by atoms with E-state index in [2.05, 4.69) is 6.58 Å². The molecule has 1 saturated heterocycles. The first-order valence-corrected chi connectivity index (χ1v) is 6.63. The van der Waals surface area contributed by atoms with Gasteiger partial charge >= 0.3 is 5.97 Å². The molecule has 1 fully saturated rings. The molecule has 1 heterocycles. The summed E-state index contributed by atoms with van der Waals surface area (Å²) in [5.41, 5.74) is 0.0400. The molecule has 0 unspecified atom stereocenters. The zero-order chi connectivity index (χ0) is 14.0. The fourth-order valence-electron chi connectivity index (χ4n) is 3.03. The summed E-state index contributed by atoms with van der Waals surface area (Å²) in [6, 6.07) is 7.40. The zero-order valence-electron chi connectivity index (χ0n) is 11.2. The molecular weight excluding hydrogens is 262 g/mol. The number of hydrogen-bond acceptors (Lipinski definition) is 3. The van der Waals surface area contributed by atoms with Crippen molar-refractivity contribution in [2.75, 3.05) is 20.7 Å². The van der Waals surface area contributed by atoms with Crippen LogP contribution in [0.1, 0.15) is 12.0 Å². The molecule has 0 N–H and O–H groups in total. The molecule has 4 heteroatoms. The zero-order valence-corrected chi connectivity index (χ0v) is 12.0. The Hall–Kier alpha value is -1.32. The molecular formula is C15H18ClNO2. The van der Waals surface area contributed by atoms with Crippen LogP contribution in [0.4, 0.5) is 0 Å². The van der Waals surface area contributed by atoms with E-state index in [1.54, 1.807) is 6.07 Å². The van der Waals surface area contributed by atoms with Gasteiger partial charge in [0.1, 0.15) is 0 Å². The Balaban J connectivity index is 2.63. The van der Waals surface area contributed by atoms with Crippen molar-refractivity contribution < 1.29 is 9.53 Å². The van der Waals surface area contributed by atoms with Crippen LogP contribution < -0.4 is 0 Å². The van der Waals surface area contributed by atoms with Gasteiger partial charge in [0.25, 0.3) is 0 Å². The van der Waals surface area contributed by atoms with E-state index in [0.29, 0.717) is 5.02 Å². The van der Waals surface area contributed by atoms with Gasteiger partial charge in [-0.3, -0.25) is 4.90 Å². The number of likely N-dealkylation sites (N-methyl/N-ethyl adjacent to an activating group) is 1. The number of nitrogens with zero attached hydrogens (tertiary/aromatic N) is 1. The van der Waals surface area contributed by atoms with Gasteiger partial charge in [-0.1, -0.05) is 29.8 Å². The summed E-state index contributed by atoms with van der Waals surface area (Å²) < 4.78 is 5.06. The van der Waals surface area contributed by atoms with Crippen molar-refractivity contribution in [1.29, 1.82) is 0 Å². The Bertz CT molecular complexity index is 503. The van der Waals surface area contributed by atoms with Crippen molar-refractivity contribution in [2.24, 2.45) is 5.92 Å². The normalized spacial score (nSPS) is 27.2. The maximum atomic E-state index is 12.5. The Labute approximate surface area is 118 Å². The van der Waals surface area contributed by atoms with Gasteiger partial charge in [-0.2, -0.15) is 0 Å². The minimum atomic E-state index is -0.818. The monoisotopic (exact) mass is 279 g/mol. The lowest BCUT2D eigenvalue weighted by Crippen LogP contribution is -2.50. The largest absolute Gasteiger partial charge is 0.467 e. The van der Waals surface area contributed by atoms with Crippen LogP contribution in [-0.4, -0.2) is 31.6 Å². The number of benzene rings is 1. The van der Waals surface area contributed by atoms with Crippen LogP contribution >= 0.6 is 11.6 Å². The standard InChI is InChI=1S/C15H18ClNO2/c1-4-11-8-9-17(2)15(11,14(18)19-3)12-6-5-7-13(16)10-12/h4-7,10-11H,1,8-9H2,2-3H3/t11-,15-/m1/s1. The van der Waals surface area contributed by atoms with Gasteiger partial charge in [0, 0.05) is 10.9 Å². The second-order valence-corrected chi connectivity index (χ2v) is 5.26. The first-order chi connectivity index (χ1) is 9.07. The van der Waals surface area contributed by atoms with E-state index >= 15 is 0 Å². The molecule has 1 aromatic rings. The van der Waals surface area contributed by atoms with E-state index in [1.807, 2.05) is 36.2 Å². The van der Waals surface area contributed by atoms with E-state index in [1.165, 1.54) is 7.11 Å². The Morgan fingerprint density at radius 3 is 2.95 bits per heavy atom. The average molecular weight is 280 g/mol. The molecule has 3 nitrogen and oxygen atoms in total. The third-order valence-corrected chi connectivity index (χ3v) is 4.20. The molecule has 2 atom stereocenters. The van der Waals surface area contributed by atoms with Gasteiger partial charge in [0.05, 0.1) is 7.11 Å². The fraction of sp³-hybridized carbons (Fsp3) is 0.400. The molecule has 19 heavy (non-hydrogen) atoms. The highest BCUT2D eigenvalue weighted by molar-refractivity contribution is 6.30. The molecule has 102 valence electrons. The average Bonchev–Trinajstić information content (AvgIpc) is 2.75. The highest BCUT2D eigenvalue weighted by Gasteiger charge is 2.54. The first kappa shape index (κ1) is 14.1. The molecule has 1 aliphatic heterocycles. The van der Waals surface area contributed by atoms with Crippen LogP contribution in [0.2, 0.25) is 5.02 Å². The molecule has 0 bridgehead atoms. The van der Waals surface area contributed by atoms with Gasteiger partial charge in [-0.05, 0) is 37.7 Å². The second kappa shape index (κ2) is 5.35. The predicted molar refractivity (Wildman–Crippen MR) is 76.1 cm³/mol. The molecule has 0 spiro atoms. The molecule has 0 radical (unpaired) electrons. The van der Waals surface area contributed by atoms with Crippen molar-refractivity contribution >= 4 is 17.6 Å². The SMILES string of the molecule is C=C[C@@H]1CCN(C)[C@@]1(C(=O)OC)c1cccc(Cl)c1. The Kier molecular flexibility index (Phi) is 3.97. The summed E-state index contributed by atoms with van der Waals surface area (Å²) in [5, 5.41) is 0.615. The number of hydrogen-bond donors (Lipinski definition) is 0. The van der Waals surface area contributed by atoms with Gasteiger partial charge < -0.3 is 4.74 Å². The van der Waals surface area contributed by atoms with Crippen molar-refractivity contribution in [3.05, 3.63) is 47.5 Å². The molecule has 0 aliphatic carbocycles. The van der Waals surface area contributed by atoms with E-state index in [9.17, 15) is 4.79 Å². The summed E-state index contributed by atoms with van der Waals surface area (Å²) in [4.78, 5) is 14.5. The highest BCUT2D eigenvalue weighted by Crippen LogP contribution is 2.44. The predicted octanol–water partition coefficient (Wildman–Crippen LogP) is 2.85. The number of halogens is 1. The van der Waals surface area contributed by atoms with E-state index in [-0.39, 0.29) is 11.9 Å². The molecule has 2 rings (SSSR count). The van der Waals surface area contributed by atoms with E-state index < -0.39 is 5.54 Å². The molecule has 0 aromatic heterocycles. The molecule has 1 aromatic carbocycles. The van der Waals surface area contributed by atoms with Crippen LogP contribution in [0.3, 0.4) is 0 Å². The summed E-state index contributed by atoms with van der Waals surface area (Å²) in [5.74, 6) is -0.247. The van der Waals surface area contributed by atoms with Crippen molar-refractivity contribution in [2.45, 2.75) is 12.0 Å². The number of esters is 1. The van der Waals surface area contributed by atoms with Crippen molar-refractivity contribution in [3.63, 3.8) is 0 Å². The van der Waals surface area contributed by atoms with Crippen molar-refractivity contribution in [1.82, 2.24) is 4.90 Å². The third-order valence-electron chi connectivity index (χ3n) is 3.96. The number of carbonyl (C=O) groups is 1. The highest BCUT2D eigenvalue weighted by atomic mass is 35.5. The van der Waals surface area contributed by atoms with Crippen LogP contribution in [0, 0.1) is 5.92 Å². The lowest BCUT2D eigenvalue weighted by Gasteiger charge is -2.37. The molecule has 1 aliphatic rings. The lowest BCUT2D eigenvalue weighted by molar-refractivity contribution is -0.155. The number of methoxy groups -OCH3 is 1. The van der Waals surface area contributed by atoms with Crippen LogP contribution in [-0.2, 0) is 15.1 Å². The number of likely N-dealkylation sites (tertiary alicyclic amines) is 1.